The van der Waals surface area contributed by atoms with Crippen molar-refractivity contribution in [1.82, 2.24) is 4.90 Å². The Kier molecular flexibility index (Phi) is 5.59. The molecule has 116 valence electrons. The molecule has 0 aromatic heterocycles. The lowest BCUT2D eigenvalue weighted by Crippen LogP contribution is -3.16. The summed E-state index contributed by atoms with van der Waals surface area (Å²) >= 11 is 5.56. The Bertz CT molecular complexity index is 479. The molecule has 1 aromatic rings. The quantitative estimate of drug-likeness (QED) is 0.834. The average Bonchev–Trinajstić information content (AvgIpc) is 2.46. The maximum Gasteiger partial charge on any atom is 0.173 e. The van der Waals surface area contributed by atoms with Crippen LogP contribution in [0.1, 0.15) is 32.3 Å². The molecule has 1 atom stereocenters. The summed E-state index contributed by atoms with van der Waals surface area (Å²) in [5.74, 6) is 0. The summed E-state index contributed by atoms with van der Waals surface area (Å²) in [6.45, 7) is 8.82. The monoisotopic (exact) mass is 306 g/mol. The lowest BCUT2D eigenvalue weighted by molar-refractivity contribution is -0.928. The van der Waals surface area contributed by atoms with Gasteiger partial charge in [-0.15, -0.1) is 0 Å². The van der Waals surface area contributed by atoms with Crippen molar-refractivity contribution in [3.8, 4) is 0 Å². The van der Waals surface area contributed by atoms with Crippen molar-refractivity contribution in [1.29, 1.82) is 0 Å². The van der Waals surface area contributed by atoms with Gasteiger partial charge in [-0.05, 0) is 50.7 Å². The van der Waals surface area contributed by atoms with E-state index in [2.05, 4.69) is 62.3 Å². The van der Waals surface area contributed by atoms with Crippen LogP contribution in [-0.2, 0) is 0 Å². The van der Waals surface area contributed by atoms with Gasteiger partial charge in [0.2, 0.25) is 0 Å². The second kappa shape index (κ2) is 7.23. The zero-order chi connectivity index (χ0) is 15.4. The fraction of sp³-hybridized carbons (Fsp3) is 0.588. The van der Waals surface area contributed by atoms with Crippen LogP contribution in [0.3, 0.4) is 0 Å². The predicted molar refractivity (Wildman–Crippen MR) is 94.0 cm³/mol. The molecular weight excluding hydrogens is 278 g/mol. The first-order chi connectivity index (χ1) is 9.97. The molecule has 0 bridgehead atoms. The van der Waals surface area contributed by atoms with Crippen LogP contribution in [0.15, 0.2) is 24.3 Å². The van der Waals surface area contributed by atoms with Crippen LogP contribution in [0.5, 0.6) is 0 Å². The van der Waals surface area contributed by atoms with Crippen LogP contribution in [0, 0.1) is 6.92 Å². The summed E-state index contributed by atoms with van der Waals surface area (Å²) in [4.78, 5) is 3.95. The Morgan fingerprint density at radius 2 is 2.00 bits per heavy atom. The molecule has 2 rings (SSSR count). The van der Waals surface area contributed by atoms with E-state index < -0.39 is 0 Å². The SMILES string of the molecule is Cc1cccc(NC(=S)N2CCC([NH+](C)C(C)C)CC2)c1. The van der Waals surface area contributed by atoms with Gasteiger partial charge in [0.15, 0.2) is 5.11 Å². The number of aryl methyl sites for hydroxylation is 1. The van der Waals surface area contributed by atoms with E-state index in [1.807, 2.05) is 0 Å². The Labute approximate surface area is 134 Å². The number of piperidine rings is 1. The first kappa shape index (κ1) is 16.2. The van der Waals surface area contributed by atoms with Gasteiger partial charge in [0.1, 0.15) is 0 Å². The molecule has 1 saturated heterocycles. The molecule has 21 heavy (non-hydrogen) atoms. The van der Waals surface area contributed by atoms with Gasteiger partial charge in [0.05, 0.1) is 19.1 Å². The molecule has 3 nitrogen and oxygen atoms in total. The number of nitrogens with zero attached hydrogens (tertiary/aromatic N) is 1. The fourth-order valence-electron chi connectivity index (χ4n) is 2.93. The van der Waals surface area contributed by atoms with E-state index in [1.165, 1.54) is 18.4 Å². The molecule has 0 aliphatic carbocycles. The number of nitrogens with one attached hydrogen (secondary N) is 2. The summed E-state index contributed by atoms with van der Waals surface area (Å²) in [5, 5.41) is 4.23. The highest BCUT2D eigenvalue weighted by atomic mass is 32.1. The molecular formula is C17H28N3S+. The molecule has 1 aromatic carbocycles. The highest BCUT2D eigenvalue weighted by molar-refractivity contribution is 7.80. The zero-order valence-corrected chi connectivity index (χ0v) is 14.5. The molecule has 1 unspecified atom stereocenters. The number of likely N-dealkylation sites (tertiary alicyclic amines) is 1. The number of quaternary nitrogens is 1. The van der Waals surface area contributed by atoms with Gasteiger partial charge in [-0.2, -0.15) is 0 Å². The van der Waals surface area contributed by atoms with Crippen molar-refractivity contribution < 1.29 is 4.90 Å². The molecule has 0 radical (unpaired) electrons. The van der Waals surface area contributed by atoms with Gasteiger partial charge in [-0.3, -0.25) is 0 Å². The number of rotatable bonds is 3. The highest BCUT2D eigenvalue weighted by Gasteiger charge is 2.27. The summed E-state index contributed by atoms with van der Waals surface area (Å²) < 4.78 is 0. The van der Waals surface area contributed by atoms with Gasteiger partial charge >= 0.3 is 0 Å². The van der Waals surface area contributed by atoms with E-state index in [-0.39, 0.29) is 0 Å². The van der Waals surface area contributed by atoms with E-state index >= 15 is 0 Å². The summed E-state index contributed by atoms with van der Waals surface area (Å²) in [6, 6.07) is 9.83. The molecule has 0 amide bonds. The molecule has 1 fully saturated rings. The Hall–Kier alpha value is -1.13. The number of anilines is 1. The Balaban J connectivity index is 1.86. The van der Waals surface area contributed by atoms with Crippen molar-refractivity contribution in [2.24, 2.45) is 0 Å². The van der Waals surface area contributed by atoms with E-state index in [0.29, 0.717) is 6.04 Å². The maximum atomic E-state index is 5.56. The van der Waals surface area contributed by atoms with Crippen LogP contribution in [0.2, 0.25) is 0 Å². The van der Waals surface area contributed by atoms with Crippen LogP contribution in [0.4, 0.5) is 5.69 Å². The van der Waals surface area contributed by atoms with Gasteiger partial charge in [0, 0.05) is 31.6 Å². The van der Waals surface area contributed by atoms with Crippen molar-refractivity contribution in [2.75, 3.05) is 25.5 Å². The lowest BCUT2D eigenvalue weighted by Gasteiger charge is -2.37. The van der Waals surface area contributed by atoms with Gasteiger partial charge in [0.25, 0.3) is 0 Å². The third kappa shape index (κ3) is 4.42. The van der Waals surface area contributed by atoms with Crippen molar-refractivity contribution in [2.45, 2.75) is 45.7 Å². The fourth-order valence-corrected chi connectivity index (χ4v) is 3.24. The topological polar surface area (TPSA) is 19.7 Å². The van der Waals surface area contributed by atoms with Gasteiger partial charge in [-0.25, -0.2) is 0 Å². The molecule has 0 spiro atoms. The Morgan fingerprint density at radius 1 is 1.33 bits per heavy atom. The van der Waals surface area contributed by atoms with Crippen molar-refractivity contribution >= 4 is 23.0 Å². The van der Waals surface area contributed by atoms with Crippen LogP contribution in [-0.4, -0.2) is 42.2 Å². The number of benzene rings is 1. The average molecular weight is 306 g/mol. The third-order valence-corrected chi connectivity index (χ3v) is 4.97. The molecule has 1 aliphatic rings. The second-order valence-electron chi connectivity index (χ2n) is 6.46. The van der Waals surface area contributed by atoms with Gasteiger partial charge in [-0.1, -0.05) is 12.1 Å². The smallest absolute Gasteiger partial charge is 0.173 e. The number of thiocarbonyl (C=S) groups is 1. The first-order valence-electron chi connectivity index (χ1n) is 7.93. The van der Waals surface area contributed by atoms with Crippen LogP contribution >= 0.6 is 12.2 Å². The van der Waals surface area contributed by atoms with E-state index in [1.54, 1.807) is 4.90 Å². The normalized spacial score (nSPS) is 17.9. The largest absolute Gasteiger partial charge is 0.349 e. The summed E-state index contributed by atoms with van der Waals surface area (Å²) in [7, 11) is 2.31. The van der Waals surface area contributed by atoms with Crippen LogP contribution in [0.25, 0.3) is 0 Å². The van der Waals surface area contributed by atoms with E-state index in [4.69, 9.17) is 12.2 Å². The highest BCUT2D eigenvalue weighted by Crippen LogP contribution is 2.13. The second-order valence-corrected chi connectivity index (χ2v) is 6.85. The predicted octanol–water partition coefficient (Wildman–Crippen LogP) is 2.08. The molecule has 4 heteroatoms. The number of hydrogen-bond acceptors (Lipinski definition) is 1. The molecule has 2 N–H and O–H groups in total. The van der Waals surface area contributed by atoms with E-state index in [0.717, 1.165) is 29.9 Å². The summed E-state index contributed by atoms with van der Waals surface area (Å²) in [5.41, 5.74) is 2.34. The minimum Gasteiger partial charge on any atom is -0.349 e. The van der Waals surface area contributed by atoms with Crippen molar-refractivity contribution in [3.63, 3.8) is 0 Å². The minimum absolute atomic E-state index is 0.693. The molecule has 0 saturated carbocycles. The van der Waals surface area contributed by atoms with Gasteiger partial charge < -0.3 is 15.1 Å². The molecule has 1 aliphatic heterocycles. The number of hydrogen-bond donors (Lipinski definition) is 2. The minimum atomic E-state index is 0.693. The maximum absolute atomic E-state index is 5.56. The first-order valence-corrected chi connectivity index (χ1v) is 8.34. The van der Waals surface area contributed by atoms with Crippen LogP contribution < -0.4 is 10.2 Å². The molecule has 1 heterocycles. The third-order valence-electron chi connectivity index (χ3n) is 4.61. The lowest BCUT2D eigenvalue weighted by atomic mass is 10.0. The standard InChI is InChI=1S/C17H27N3S/c1-13(2)19(4)16-8-10-20(11-9-16)17(21)18-15-7-5-6-14(3)12-15/h5-7,12-13,16H,8-11H2,1-4H3,(H,18,21)/p+1. The zero-order valence-electron chi connectivity index (χ0n) is 13.6. The summed E-state index contributed by atoms with van der Waals surface area (Å²) in [6.07, 6.45) is 2.44. The Morgan fingerprint density at radius 3 is 2.57 bits per heavy atom. The van der Waals surface area contributed by atoms with Crippen molar-refractivity contribution in [3.05, 3.63) is 29.8 Å². The van der Waals surface area contributed by atoms with E-state index in [9.17, 15) is 0 Å².